The highest BCUT2D eigenvalue weighted by molar-refractivity contribution is 7.72. The molecule has 0 amide bonds. The molecule has 0 radical (unpaired) electrons. The summed E-state index contributed by atoms with van der Waals surface area (Å²) in [5.74, 6) is 0. The second-order valence-corrected chi connectivity index (χ2v) is 4.47. The first-order valence-electron chi connectivity index (χ1n) is 4.03. The predicted molar refractivity (Wildman–Crippen MR) is 61.8 cm³/mol. The SMILES string of the molecule is C=CCCn1c(=S)[n]([AlH2])c(=S)n1C. The van der Waals surface area contributed by atoms with Gasteiger partial charge in [0.15, 0.2) is 9.54 Å². The molecule has 6 heteroatoms. The van der Waals surface area contributed by atoms with E-state index in [1.165, 1.54) is 0 Å². The lowest BCUT2D eigenvalue weighted by Gasteiger charge is -2.03. The van der Waals surface area contributed by atoms with E-state index in [-0.39, 0.29) is 0 Å². The lowest BCUT2D eigenvalue weighted by Crippen LogP contribution is -2.08. The van der Waals surface area contributed by atoms with Crippen molar-refractivity contribution in [2.75, 3.05) is 0 Å². The molecule has 1 rings (SSSR count). The number of hydrogen-bond acceptors (Lipinski definition) is 2. The maximum atomic E-state index is 5.25. The molecule has 0 atom stereocenters. The Morgan fingerprint density at radius 2 is 2.08 bits per heavy atom. The van der Waals surface area contributed by atoms with E-state index in [2.05, 4.69) is 6.58 Å². The molecule has 70 valence electrons. The van der Waals surface area contributed by atoms with Gasteiger partial charge in [-0.2, -0.15) is 0 Å². The zero-order chi connectivity index (χ0) is 10.0. The number of allylic oxidation sites excluding steroid dienone is 1. The summed E-state index contributed by atoms with van der Waals surface area (Å²) in [5.41, 5.74) is 0. The van der Waals surface area contributed by atoms with Crippen molar-refractivity contribution in [2.24, 2.45) is 7.05 Å². The summed E-state index contributed by atoms with van der Waals surface area (Å²) in [6.07, 6.45) is 2.80. The summed E-state index contributed by atoms with van der Waals surface area (Å²) >= 11 is 11.3. The first kappa shape index (κ1) is 10.9. The van der Waals surface area contributed by atoms with Crippen LogP contribution in [0.15, 0.2) is 12.7 Å². The largest absolute Gasteiger partial charge is 0.395 e. The monoisotopic (exact) mass is 229 g/mol. The van der Waals surface area contributed by atoms with Gasteiger partial charge in [-0.15, -0.1) is 6.58 Å². The van der Waals surface area contributed by atoms with Crippen molar-refractivity contribution in [3.63, 3.8) is 0 Å². The molecule has 0 fully saturated rings. The Kier molecular flexibility index (Phi) is 3.68. The van der Waals surface area contributed by atoms with Crippen LogP contribution < -0.4 is 0 Å². The van der Waals surface area contributed by atoms with Crippen LogP contribution in [0.4, 0.5) is 0 Å². The molecule has 1 aromatic rings. The van der Waals surface area contributed by atoms with Gasteiger partial charge in [-0.05, 0) is 30.9 Å². The average Bonchev–Trinajstić information content (AvgIpc) is 2.30. The molecule has 3 nitrogen and oxygen atoms in total. The summed E-state index contributed by atoms with van der Waals surface area (Å²) in [7, 11) is 1.94. The fourth-order valence-corrected chi connectivity index (χ4v) is 2.23. The van der Waals surface area contributed by atoms with Crippen LogP contribution in [0.5, 0.6) is 0 Å². The molecule has 0 aliphatic carbocycles. The summed E-state index contributed by atoms with van der Waals surface area (Å²) in [4.78, 5) is 0. The van der Waals surface area contributed by atoms with Crippen molar-refractivity contribution < 1.29 is 0 Å². The minimum Gasteiger partial charge on any atom is -0.395 e. The Balaban J connectivity index is 3.21. The minimum absolute atomic E-state index is 0.806. The zero-order valence-corrected chi connectivity index (χ0v) is 11.5. The van der Waals surface area contributed by atoms with Gasteiger partial charge >= 0.3 is 16.5 Å². The summed E-state index contributed by atoms with van der Waals surface area (Å²) in [5, 5.41) is 0. The lowest BCUT2D eigenvalue weighted by molar-refractivity contribution is 0.505. The van der Waals surface area contributed by atoms with Gasteiger partial charge in [0, 0.05) is 13.6 Å². The molecule has 1 heterocycles. The molecule has 0 saturated heterocycles. The van der Waals surface area contributed by atoms with Crippen molar-refractivity contribution in [3.05, 3.63) is 22.2 Å². The van der Waals surface area contributed by atoms with Crippen LogP contribution in [0.1, 0.15) is 6.42 Å². The molecule has 0 aliphatic rings. The molecular formula is C7H12AlN3S2. The van der Waals surface area contributed by atoms with Gasteiger partial charge in [-0.3, -0.25) is 9.36 Å². The Bertz CT molecular complexity index is 426. The number of nitrogens with zero attached hydrogens (tertiary/aromatic N) is 3. The van der Waals surface area contributed by atoms with Crippen molar-refractivity contribution in [1.29, 1.82) is 0 Å². The summed E-state index contributed by atoms with van der Waals surface area (Å²) < 4.78 is 7.52. The van der Waals surface area contributed by atoms with E-state index in [9.17, 15) is 0 Å². The average molecular weight is 229 g/mol. The molecule has 0 saturated carbocycles. The van der Waals surface area contributed by atoms with Gasteiger partial charge in [-0.1, -0.05) is 6.08 Å². The molecule has 0 N–H and O–H groups in total. The maximum absolute atomic E-state index is 5.25. The van der Waals surface area contributed by atoms with Crippen molar-refractivity contribution in [1.82, 2.24) is 12.9 Å². The Labute approximate surface area is 95.9 Å². The Morgan fingerprint density at radius 1 is 1.46 bits per heavy atom. The Morgan fingerprint density at radius 3 is 2.46 bits per heavy atom. The highest BCUT2D eigenvalue weighted by Crippen LogP contribution is 1.99. The van der Waals surface area contributed by atoms with Gasteiger partial charge in [-0.25, -0.2) is 0 Å². The lowest BCUT2D eigenvalue weighted by atomic mass is 10.4. The normalized spacial score (nSPS) is 10.2. The first-order chi connectivity index (χ1) is 6.09. The topological polar surface area (TPSA) is 14.8 Å². The fourth-order valence-electron chi connectivity index (χ4n) is 1.16. The van der Waals surface area contributed by atoms with E-state index in [0.29, 0.717) is 0 Å². The molecule has 0 bridgehead atoms. The van der Waals surface area contributed by atoms with Gasteiger partial charge < -0.3 is 3.55 Å². The third kappa shape index (κ3) is 2.02. The second-order valence-electron chi connectivity index (χ2n) is 2.85. The predicted octanol–water partition coefficient (Wildman–Crippen LogP) is 1.06. The zero-order valence-electron chi connectivity index (χ0n) is 7.86. The number of aromatic nitrogens is 3. The van der Waals surface area contributed by atoms with Crippen molar-refractivity contribution >= 4 is 40.9 Å². The van der Waals surface area contributed by atoms with Gasteiger partial charge in [0.2, 0.25) is 0 Å². The van der Waals surface area contributed by atoms with Crippen molar-refractivity contribution in [3.8, 4) is 0 Å². The van der Waals surface area contributed by atoms with Crippen LogP contribution in [0.2, 0.25) is 0 Å². The fraction of sp³-hybridized carbons (Fsp3) is 0.429. The third-order valence-corrected chi connectivity index (χ3v) is 4.50. The number of hydrogen-bond donors (Lipinski definition) is 0. The third-order valence-electron chi connectivity index (χ3n) is 1.98. The smallest absolute Gasteiger partial charge is 0.377 e. The molecular weight excluding hydrogens is 217 g/mol. The molecule has 0 unspecified atom stereocenters. The van der Waals surface area contributed by atoms with Crippen LogP contribution in [0.3, 0.4) is 0 Å². The summed E-state index contributed by atoms with van der Waals surface area (Å²) in [6.45, 7) is 4.54. The quantitative estimate of drug-likeness (QED) is 0.437. The van der Waals surface area contributed by atoms with E-state index < -0.39 is 0 Å². The van der Waals surface area contributed by atoms with Crippen molar-refractivity contribution in [2.45, 2.75) is 13.0 Å². The van der Waals surface area contributed by atoms with Gasteiger partial charge in [0.05, 0.1) is 0 Å². The van der Waals surface area contributed by atoms with E-state index in [1.807, 2.05) is 26.0 Å². The van der Waals surface area contributed by atoms with Crippen LogP contribution in [0, 0.1) is 9.54 Å². The maximum Gasteiger partial charge on any atom is 0.377 e. The summed E-state index contributed by atoms with van der Waals surface area (Å²) in [6, 6.07) is 0. The van der Waals surface area contributed by atoms with Gasteiger partial charge in [0.1, 0.15) is 0 Å². The van der Waals surface area contributed by atoms with Crippen LogP contribution in [0.25, 0.3) is 0 Å². The molecule has 0 spiro atoms. The molecule has 0 aliphatic heterocycles. The van der Waals surface area contributed by atoms with Gasteiger partial charge in [0.25, 0.3) is 0 Å². The second kappa shape index (κ2) is 4.38. The van der Waals surface area contributed by atoms with E-state index in [4.69, 9.17) is 24.4 Å². The van der Waals surface area contributed by atoms with Crippen LogP contribution >= 0.6 is 24.4 Å². The Hall–Kier alpha value is -0.148. The molecule has 1 aromatic heterocycles. The van der Waals surface area contributed by atoms with Crippen LogP contribution in [-0.2, 0) is 13.6 Å². The van der Waals surface area contributed by atoms with E-state index in [0.717, 1.165) is 39.0 Å². The van der Waals surface area contributed by atoms with E-state index >= 15 is 0 Å². The minimum atomic E-state index is 0.806. The molecule has 13 heavy (non-hydrogen) atoms. The molecule has 0 aromatic carbocycles. The first-order valence-corrected chi connectivity index (χ1v) is 5.74. The highest BCUT2D eigenvalue weighted by Gasteiger charge is 2.01. The number of rotatable bonds is 3. The highest BCUT2D eigenvalue weighted by atomic mass is 32.1. The van der Waals surface area contributed by atoms with E-state index in [1.54, 1.807) is 0 Å². The van der Waals surface area contributed by atoms with Crippen LogP contribution in [-0.4, -0.2) is 29.4 Å². The standard InChI is InChI=1S/C7H11N3S2.Al.2H/c1-3-4-5-10-7(12)8-6(11)9(10)2;;;/h3H,1,4-5H2,2H3,(H,8,11,12);;;/q;+1;;/p-1.